The number of hydrogen-bond donors (Lipinski definition) is 1. The number of esters is 1. The Morgan fingerprint density at radius 3 is 2.88 bits per heavy atom. The number of carbonyl (C=O) groups is 2. The highest BCUT2D eigenvalue weighted by Gasteiger charge is 2.54. The van der Waals surface area contributed by atoms with E-state index in [2.05, 4.69) is 16.0 Å². The Morgan fingerprint density at radius 1 is 1.38 bits per heavy atom. The van der Waals surface area contributed by atoms with Gasteiger partial charge in [-0.2, -0.15) is 0 Å². The first-order chi connectivity index (χ1) is 12.5. The summed E-state index contributed by atoms with van der Waals surface area (Å²) >= 11 is 0. The lowest BCUT2D eigenvalue weighted by Crippen LogP contribution is -2.54. The van der Waals surface area contributed by atoms with Crippen LogP contribution in [0.25, 0.3) is 10.9 Å². The SMILES string of the molecule is CC=C1CN(C)C[C@@]2(C(=O)OC)Cc3c([nH]c4ccccc34)C(=O)C[C@@H]12. The zero-order chi connectivity index (χ0) is 18.5. The van der Waals surface area contributed by atoms with Gasteiger partial charge >= 0.3 is 5.97 Å². The van der Waals surface area contributed by atoms with Crippen molar-refractivity contribution >= 4 is 22.7 Å². The summed E-state index contributed by atoms with van der Waals surface area (Å²) in [4.78, 5) is 31.6. The molecule has 1 aliphatic carbocycles. The number of Topliss-reactive ketones (excluding diaryl/α,β-unsaturated/α-hetero) is 1. The summed E-state index contributed by atoms with van der Waals surface area (Å²) < 4.78 is 5.27. The van der Waals surface area contributed by atoms with Crippen molar-refractivity contribution in [3.8, 4) is 0 Å². The van der Waals surface area contributed by atoms with Crippen molar-refractivity contribution in [1.29, 1.82) is 0 Å². The number of ether oxygens (including phenoxy) is 1. The first-order valence-corrected chi connectivity index (χ1v) is 9.05. The number of nitrogens with zero attached hydrogens (tertiary/aromatic N) is 1. The largest absolute Gasteiger partial charge is 0.469 e. The zero-order valence-corrected chi connectivity index (χ0v) is 15.5. The van der Waals surface area contributed by atoms with E-state index < -0.39 is 5.41 Å². The van der Waals surface area contributed by atoms with Gasteiger partial charge in [-0.3, -0.25) is 9.59 Å². The number of nitrogens with one attached hydrogen (secondary N) is 1. The van der Waals surface area contributed by atoms with Gasteiger partial charge in [0.1, 0.15) is 0 Å². The van der Waals surface area contributed by atoms with Gasteiger partial charge in [0.05, 0.1) is 18.2 Å². The number of benzene rings is 1. The molecule has 4 rings (SSSR count). The van der Waals surface area contributed by atoms with Crippen molar-refractivity contribution in [3.05, 3.63) is 47.2 Å². The minimum atomic E-state index is -0.741. The van der Waals surface area contributed by atoms with Gasteiger partial charge in [0, 0.05) is 36.3 Å². The first kappa shape index (κ1) is 17.0. The van der Waals surface area contributed by atoms with Crippen molar-refractivity contribution in [2.45, 2.75) is 19.8 Å². The van der Waals surface area contributed by atoms with Gasteiger partial charge in [-0.25, -0.2) is 0 Å². The molecule has 1 aliphatic heterocycles. The van der Waals surface area contributed by atoms with Gasteiger partial charge in [0.2, 0.25) is 0 Å². The number of likely N-dealkylation sites (tertiary alicyclic amines) is 1. The molecule has 1 saturated heterocycles. The molecule has 136 valence electrons. The number of rotatable bonds is 1. The molecule has 0 bridgehead atoms. The maximum Gasteiger partial charge on any atom is 0.314 e. The summed E-state index contributed by atoms with van der Waals surface area (Å²) in [6.07, 6.45) is 2.91. The Labute approximate surface area is 153 Å². The Balaban J connectivity index is 1.96. The van der Waals surface area contributed by atoms with Gasteiger partial charge in [0.15, 0.2) is 5.78 Å². The number of ketones is 1. The fourth-order valence-corrected chi connectivity index (χ4v) is 4.93. The van der Waals surface area contributed by atoms with Gasteiger partial charge in [0.25, 0.3) is 0 Å². The average molecular weight is 352 g/mol. The number of aromatic nitrogens is 1. The van der Waals surface area contributed by atoms with E-state index in [4.69, 9.17) is 4.74 Å². The van der Waals surface area contributed by atoms with E-state index >= 15 is 0 Å². The lowest BCUT2D eigenvalue weighted by atomic mass is 9.65. The molecule has 1 N–H and O–H groups in total. The molecule has 1 aromatic carbocycles. The van der Waals surface area contributed by atoms with Crippen LogP contribution in [0.2, 0.25) is 0 Å². The summed E-state index contributed by atoms with van der Waals surface area (Å²) in [5, 5.41) is 1.02. The van der Waals surface area contributed by atoms with E-state index in [1.807, 2.05) is 38.2 Å². The standard InChI is InChI=1S/C21H24N2O3/c1-4-13-11-23(2)12-21(20(25)26-3)10-15-14-7-5-6-8-17(14)22-19(15)18(24)9-16(13)21/h4-8,16,22H,9-12H2,1-3H3/t16-,21-/m0/s1. The molecule has 26 heavy (non-hydrogen) atoms. The van der Waals surface area contributed by atoms with Gasteiger partial charge < -0.3 is 14.6 Å². The molecule has 2 aliphatic rings. The molecule has 2 heterocycles. The second kappa shape index (κ2) is 6.09. The summed E-state index contributed by atoms with van der Waals surface area (Å²) in [5.74, 6) is -0.265. The van der Waals surface area contributed by atoms with Gasteiger partial charge in [-0.05, 0) is 32.0 Å². The van der Waals surface area contributed by atoms with E-state index in [0.29, 0.717) is 25.1 Å². The minimum absolute atomic E-state index is 0.0795. The third-order valence-corrected chi connectivity index (χ3v) is 6.06. The molecule has 5 nitrogen and oxygen atoms in total. The lowest BCUT2D eigenvalue weighted by Gasteiger charge is -2.46. The Kier molecular flexibility index (Phi) is 3.99. The number of H-pyrrole nitrogens is 1. The molecule has 1 fully saturated rings. The van der Waals surface area contributed by atoms with Crippen LogP contribution in [0.3, 0.4) is 0 Å². The molecule has 0 radical (unpaired) electrons. The highest BCUT2D eigenvalue weighted by Crippen LogP contribution is 2.48. The van der Waals surface area contributed by atoms with Crippen LogP contribution in [0.1, 0.15) is 29.4 Å². The fraction of sp³-hybridized carbons (Fsp3) is 0.429. The third-order valence-electron chi connectivity index (χ3n) is 6.06. The van der Waals surface area contributed by atoms with Crippen molar-refractivity contribution in [3.63, 3.8) is 0 Å². The van der Waals surface area contributed by atoms with E-state index in [1.54, 1.807) is 0 Å². The molecule has 1 aromatic heterocycles. The molecule has 5 heteroatoms. The number of fused-ring (bicyclic) bond motifs is 4. The van der Waals surface area contributed by atoms with Crippen LogP contribution < -0.4 is 0 Å². The second-order valence-electron chi connectivity index (χ2n) is 7.56. The Hall–Kier alpha value is -2.40. The quantitative estimate of drug-likeness (QED) is 0.633. The van der Waals surface area contributed by atoms with Gasteiger partial charge in [-0.15, -0.1) is 0 Å². The second-order valence-corrected chi connectivity index (χ2v) is 7.56. The number of likely N-dealkylation sites (N-methyl/N-ethyl adjacent to an activating group) is 1. The number of methoxy groups -OCH3 is 1. The summed E-state index contributed by atoms with van der Waals surface area (Å²) in [6.45, 7) is 3.36. The zero-order valence-electron chi connectivity index (χ0n) is 15.5. The van der Waals surface area contributed by atoms with Crippen LogP contribution >= 0.6 is 0 Å². The monoisotopic (exact) mass is 352 g/mol. The van der Waals surface area contributed by atoms with Crippen LogP contribution in [0.15, 0.2) is 35.9 Å². The van der Waals surface area contributed by atoms with Gasteiger partial charge in [-0.1, -0.05) is 29.8 Å². The maximum absolute atomic E-state index is 13.1. The van der Waals surface area contributed by atoms with Crippen molar-refractivity contribution in [2.75, 3.05) is 27.2 Å². The highest BCUT2D eigenvalue weighted by atomic mass is 16.5. The van der Waals surface area contributed by atoms with E-state index in [9.17, 15) is 9.59 Å². The summed E-state index contributed by atoms with van der Waals surface area (Å²) in [6, 6.07) is 7.92. The number of hydrogen-bond acceptors (Lipinski definition) is 4. The molecule has 0 spiro atoms. The summed E-state index contributed by atoms with van der Waals surface area (Å²) in [7, 11) is 3.47. The number of aromatic amines is 1. The van der Waals surface area contributed by atoms with E-state index in [0.717, 1.165) is 28.6 Å². The molecule has 2 aromatic rings. The predicted octanol–water partition coefficient (Wildman–Crippen LogP) is 2.96. The number of allylic oxidation sites excluding steroid dienone is 1. The number of piperidine rings is 1. The average Bonchev–Trinajstić information content (AvgIpc) is 2.95. The number of carbonyl (C=O) groups excluding carboxylic acids is 2. The maximum atomic E-state index is 13.1. The molecule has 0 saturated carbocycles. The molecule has 0 amide bonds. The predicted molar refractivity (Wildman–Crippen MR) is 100 cm³/mol. The Morgan fingerprint density at radius 2 is 2.15 bits per heavy atom. The smallest absolute Gasteiger partial charge is 0.314 e. The van der Waals surface area contributed by atoms with Crippen molar-refractivity contribution < 1.29 is 14.3 Å². The first-order valence-electron chi connectivity index (χ1n) is 9.05. The molecule has 0 unspecified atom stereocenters. The minimum Gasteiger partial charge on any atom is -0.469 e. The van der Waals surface area contributed by atoms with Crippen LogP contribution in [-0.2, 0) is 16.0 Å². The Bertz CT molecular complexity index is 926. The highest BCUT2D eigenvalue weighted by molar-refractivity contribution is 6.04. The van der Waals surface area contributed by atoms with Crippen LogP contribution in [-0.4, -0.2) is 48.9 Å². The molecular weight excluding hydrogens is 328 g/mol. The van der Waals surface area contributed by atoms with Crippen molar-refractivity contribution in [2.24, 2.45) is 11.3 Å². The van der Waals surface area contributed by atoms with E-state index in [-0.39, 0.29) is 17.7 Å². The van der Waals surface area contributed by atoms with Crippen LogP contribution in [0.4, 0.5) is 0 Å². The summed E-state index contributed by atoms with van der Waals surface area (Å²) in [5.41, 5.74) is 2.95. The fourth-order valence-electron chi connectivity index (χ4n) is 4.93. The number of para-hydroxylation sites is 1. The molecular formula is C21H24N2O3. The normalized spacial score (nSPS) is 27.9. The van der Waals surface area contributed by atoms with Crippen LogP contribution in [0.5, 0.6) is 0 Å². The van der Waals surface area contributed by atoms with E-state index in [1.165, 1.54) is 7.11 Å². The van der Waals surface area contributed by atoms with Crippen molar-refractivity contribution in [1.82, 2.24) is 9.88 Å². The van der Waals surface area contributed by atoms with Crippen LogP contribution in [0, 0.1) is 11.3 Å². The molecule has 2 atom stereocenters. The topological polar surface area (TPSA) is 62.4 Å². The third kappa shape index (κ3) is 2.34. The lowest BCUT2D eigenvalue weighted by molar-refractivity contribution is -0.158.